The number of nitrogens with two attached hydrogens (primary N) is 1. The Balaban J connectivity index is 2.94. The Hall–Kier alpha value is -1.63. The molecule has 114 valence electrons. The largest absolute Gasteiger partial charge is 0.383 e. The summed E-state index contributed by atoms with van der Waals surface area (Å²) in [7, 11) is 1.68. The highest BCUT2D eigenvalue weighted by molar-refractivity contribution is 5.42. The Kier molecular flexibility index (Phi) is 6.44. The van der Waals surface area contributed by atoms with Crippen molar-refractivity contribution < 1.29 is 4.74 Å². The van der Waals surface area contributed by atoms with Crippen molar-refractivity contribution in [3.63, 3.8) is 0 Å². The molecule has 0 amide bonds. The van der Waals surface area contributed by atoms with Crippen molar-refractivity contribution >= 4 is 17.8 Å². The zero-order chi connectivity index (χ0) is 15.1. The molecular formula is C13H26N6O. The predicted octanol–water partition coefficient (Wildman–Crippen LogP) is 1.38. The minimum Gasteiger partial charge on any atom is -0.383 e. The van der Waals surface area contributed by atoms with Crippen LogP contribution in [0.15, 0.2) is 0 Å². The van der Waals surface area contributed by atoms with Gasteiger partial charge in [0.05, 0.1) is 12.6 Å². The third-order valence-electron chi connectivity index (χ3n) is 3.15. The first-order valence-electron chi connectivity index (χ1n) is 7.03. The zero-order valence-electron chi connectivity index (χ0n) is 13.1. The standard InChI is InChI=1S/C13H26N6O/c1-6-19(7-2)13-17-11(14)16-12(18-13)15-10(8-20-5)9(3)4/h9-10H,6-8H2,1-5H3,(H3,14,15,16,17,18). The van der Waals surface area contributed by atoms with E-state index in [1.807, 2.05) is 4.90 Å². The quantitative estimate of drug-likeness (QED) is 0.744. The number of methoxy groups -OCH3 is 1. The summed E-state index contributed by atoms with van der Waals surface area (Å²) in [6.45, 7) is 10.6. The Morgan fingerprint density at radius 2 is 1.85 bits per heavy atom. The van der Waals surface area contributed by atoms with E-state index >= 15 is 0 Å². The molecular weight excluding hydrogens is 256 g/mol. The van der Waals surface area contributed by atoms with E-state index in [9.17, 15) is 0 Å². The normalized spacial score (nSPS) is 12.5. The molecule has 0 spiro atoms. The number of nitrogens with one attached hydrogen (secondary N) is 1. The van der Waals surface area contributed by atoms with Crippen molar-refractivity contribution in [1.29, 1.82) is 0 Å². The molecule has 0 bridgehead atoms. The third kappa shape index (κ3) is 4.48. The van der Waals surface area contributed by atoms with E-state index in [4.69, 9.17) is 10.5 Å². The van der Waals surface area contributed by atoms with Crippen LogP contribution in [-0.4, -0.2) is 47.8 Å². The van der Waals surface area contributed by atoms with Gasteiger partial charge in [-0.05, 0) is 19.8 Å². The molecule has 0 aromatic carbocycles. The molecule has 0 aliphatic carbocycles. The van der Waals surface area contributed by atoms with E-state index < -0.39 is 0 Å². The van der Waals surface area contributed by atoms with Gasteiger partial charge in [0, 0.05) is 20.2 Å². The Bertz CT molecular complexity index is 408. The van der Waals surface area contributed by atoms with Crippen LogP contribution in [0, 0.1) is 5.92 Å². The highest BCUT2D eigenvalue weighted by Crippen LogP contribution is 2.14. The number of hydrogen-bond acceptors (Lipinski definition) is 7. The first-order valence-corrected chi connectivity index (χ1v) is 7.03. The number of hydrogen-bond donors (Lipinski definition) is 2. The van der Waals surface area contributed by atoms with Gasteiger partial charge in [0.2, 0.25) is 17.8 Å². The maximum atomic E-state index is 5.77. The highest BCUT2D eigenvalue weighted by Gasteiger charge is 2.16. The van der Waals surface area contributed by atoms with Crippen LogP contribution < -0.4 is 16.0 Å². The fraction of sp³-hybridized carbons (Fsp3) is 0.769. The molecule has 1 heterocycles. The van der Waals surface area contributed by atoms with Crippen molar-refractivity contribution in [1.82, 2.24) is 15.0 Å². The molecule has 0 aliphatic heterocycles. The first kappa shape index (κ1) is 16.4. The number of aromatic nitrogens is 3. The summed E-state index contributed by atoms with van der Waals surface area (Å²) in [6.07, 6.45) is 0. The smallest absolute Gasteiger partial charge is 0.231 e. The number of nitrogens with zero attached hydrogens (tertiary/aromatic N) is 4. The summed E-state index contributed by atoms with van der Waals surface area (Å²) >= 11 is 0. The second kappa shape index (κ2) is 7.84. The van der Waals surface area contributed by atoms with Crippen molar-refractivity contribution in [3.05, 3.63) is 0 Å². The van der Waals surface area contributed by atoms with Crippen LogP contribution in [0.2, 0.25) is 0 Å². The summed E-state index contributed by atoms with van der Waals surface area (Å²) in [5.41, 5.74) is 5.77. The molecule has 1 aromatic heterocycles. The van der Waals surface area contributed by atoms with E-state index in [1.54, 1.807) is 7.11 Å². The van der Waals surface area contributed by atoms with Crippen molar-refractivity contribution in [2.75, 3.05) is 42.8 Å². The molecule has 0 radical (unpaired) electrons. The van der Waals surface area contributed by atoms with Crippen LogP contribution in [0.25, 0.3) is 0 Å². The van der Waals surface area contributed by atoms with E-state index in [2.05, 4.69) is 48.0 Å². The maximum absolute atomic E-state index is 5.77. The lowest BCUT2D eigenvalue weighted by molar-refractivity contribution is 0.171. The van der Waals surface area contributed by atoms with E-state index in [0.717, 1.165) is 13.1 Å². The van der Waals surface area contributed by atoms with E-state index in [1.165, 1.54) is 0 Å². The van der Waals surface area contributed by atoms with Crippen LogP contribution in [0.4, 0.5) is 17.8 Å². The van der Waals surface area contributed by atoms with Crippen molar-refractivity contribution in [3.8, 4) is 0 Å². The predicted molar refractivity (Wildman–Crippen MR) is 81.9 cm³/mol. The molecule has 1 rings (SSSR count). The van der Waals surface area contributed by atoms with Gasteiger partial charge in [-0.3, -0.25) is 0 Å². The lowest BCUT2D eigenvalue weighted by Gasteiger charge is -2.23. The van der Waals surface area contributed by atoms with Gasteiger partial charge in [-0.25, -0.2) is 0 Å². The van der Waals surface area contributed by atoms with E-state index in [-0.39, 0.29) is 12.0 Å². The van der Waals surface area contributed by atoms with Crippen LogP contribution in [0.5, 0.6) is 0 Å². The summed E-state index contributed by atoms with van der Waals surface area (Å²) in [5.74, 6) is 1.72. The Labute approximate surface area is 121 Å². The molecule has 1 aromatic rings. The second-order valence-electron chi connectivity index (χ2n) is 4.94. The average molecular weight is 282 g/mol. The van der Waals surface area contributed by atoms with Gasteiger partial charge in [-0.15, -0.1) is 0 Å². The Morgan fingerprint density at radius 3 is 2.35 bits per heavy atom. The lowest BCUT2D eigenvalue weighted by atomic mass is 10.1. The molecule has 20 heavy (non-hydrogen) atoms. The fourth-order valence-electron chi connectivity index (χ4n) is 1.84. The average Bonchev–Trinajstić information content (AvgIpc) is 2.39. The summed E-state index contributed by atoms with van der Waals surface area (Å²) < 4.78 is 5.21. The topological polar surface area (TPSA) is 89.2 Å². The van der Waals surface area contributed by atoms with Crippen LogP contribution >= 0.6 is 0 Å². The zero-order valence-corrected chi connectivity index (χ0v) is 13.1. The summed E-state index contributed by atoms with van der Waals surface area (Å²) in [4.78, 5) is 14.8. The van der Waals surface area contributed by atoms with Gasteiger partial charge in [0.1, 0.15) is 0 Å². The minimum atomic E-state index is 0.131. The van der Waals surface area contributed by atoms with Gasteiger partial charge in [0.25, 0.3) is 0 Å². The van der Waals surface area contributed by atoms with Gasteiger partial charge in [0.15, 0.2) is 0 Å². The molecule has 0 saturated heterocycles. The first-order chi connectivity index (χ1) is 9.51. The molecule has 0 saturated carbocycles. The minimum absolute atomic E-state index is 0.131. The molecule has 0 aliphatic rings. The molecule has 7 nitrogen and oxygen atoms in total. The molecule has 1 unspecified atom stereocenters. The molecule has 0 fully saturated rings. The Morgan fingerprint density at radius 1 is 1.20 bits per heavy atom. The highest BCUT2D eigenvalue weighted by atomic mass is 16.5. The van der Waals surface area contributed by atoms with Gasteiger partial charge in [-0.1, -0.05) is 13.8 Å². The van der Waals surface area contributed by atoms with Crippen LogP contribution in [-0.2, 0) is 4.74 Å². The third-order valence-corrected chi connectivity index (χ3v) is 3.15. The van der Waals surface area contributed by atoms with Crippen molar-refractivity contribution in [2.45, 2.75) is 33.7 Å². The number of anilines is 3. The van der Waals surface area contributed by atoms with Gasteiger partial charge >= 0.3 is 0 Å². The maximum Gasteiger partial charge on any atom is 0.231 e. The van der Waals surface area contributed by atoms with Crippen molar-refractivity contribution in [2.24, 2.45) is 5.92 Å². The van der Waals surface area contributed by atoms with Gasteiger partial charge < -0.3 is 20.7 Å². The second-order valence-corrected chi connectivity index (χ2v) is 4.94. The summed E-state index contributed by atoms with van der Waals surface area (Å²) in [5, 5.41) is 3.27. The number of ether oxygens (including phenoxy) is 1. The SMILES string of the molecule is CCN(CC)c1nc(N)nc(NC(COC)C(C)C)n1. The van der Waals surface area contributed by atoms with Crippen LogP contribution in [0.3, 0.4) is 0 Å². The summed E-state index contributed by atoms with van der Waals surface area (Å²) in [6, 6.07) is 0.131. The lowest BCUT2D eigenvalue weighted by Crippen LogP contribution is -2.32. The van der Waals surface area contributed by atoms with Gasteiger partial charge in [-0.2, -0.15) is 15.0 Å². The molecule has 3 N–H and O–H groups in total. The molecule has 7 heteroatoms. The van der Waals surface area contributed by atoms with E-state index in [0.29, 0.717) is 24.4 Å². The number of rotatable bonds is 8. The molecule has 1 atom stereocenters. The fourth-order valence-corrected chi connectivity index (χ4v) is 1.84. The number of nitrogen functional groups attached to an aromatic ring is 1. The monoisotopic (exact) mass is 282 g/mol. The van der Waals surface area contributed by atoms with Crippen LogP contribution in [0.1, 0.15) is 27.7 Å².